The van der Waals surface area contributed by atoms with Crippen LogP contribution in [-0.2, 0) is 29.1 Å². The predicted molar refractivity (Wildman–Crippen MR) is 206 cm³/mol. The molecule has 7 aliphatic rings. The van der Waals surface area contributed by atoms with E-state index in [1.165, 1.54) is 11.0 Å². The van der Waals surface area contributed by atoms with Crippen molar-refractivity contribution in [2.45, 2.75) is 99.3 Å². The lowest BCUT2D eigenvalue weighted by molar-refractivity contribution is -0.142. The molecule has 5 fully saturated rings. The zero-order valence-electron chi connectivity index (χ0n) is 31.6. The van der Waals surface area contributed by atoms with E-state index in [1.54, 1.807) is 12.0 Å². The monoisotopic (exact) mass is 790 g/mol. The van der Waals surface area contributed by atoms with Crippen LogP contribution in [-0.4, -0.2) is 115 Å². The van der Waals surface area contributed by atoms with Crippen LogP contribution in [0.1, 0.15) is 69.8 Å². The molecule has 9 rings (SSSR count). The normalized spacial score (nSPS) is 30.4. The Morgan fingerprint density at radius 2 is 1.86 bits per heavy atom. The van der Waals surface area contributed by atoms with Crippen LogP contribution in [0.3, 0.4) is 0 Å². The van der Waals surface area contributed by atoms with Gasteiger partial charge in [0.05, 0.1) is 43.6 Å². The molecule has 0 spiro atoms. The fourth-order valence-electron chi connectivity index (χ4n) is 8.48. The summed E-state index contributed by atoms with van der Waals surface area (Å²) in [5, 5.41) is 6.12. The van der Waals surface area contributed by atoms with Crippen molar-refractivity contribution in [1.82, 2.24) is 30.1 Å². The highest BCUT2D eigenvalue weighted by atomic mass is 32.2. The van der Waals surface area contributed by atoms with Gasteiger partial charge in [0.25, 0.3) is 5.91 Å². The van der Waals surface area contributed by atoms with Crippen molar-refractivity contribution >= 4 is 50.8 Å². The molecule has 15 nitrogen and oxygen atoms in total. The summed E-state index contributed by atoms with van der Waals surface area (Å²) < 4.78 is 45.9. The van der Waals surface area contributed by atoms with Crippen LogP contribution in [0.4, 0.5) is 4.79 Å². The molecule has 4 aliphatic heterocycles. The number of aromatic nitrogens is 1. The van der Waals surface area contributed by atoms with Crippen molar-refractivity contribution in [2.24, 2.45) is 11.8 Å². The second kappa shape index (κ2) is 15.3. The van der Waals surface area contributed by atoms with Gasteiger partial charge in [-0.05, 0) is 69.1 Å². The van der Waals surface area contributed by atoms with Gasteiger partial charge in [-0.3, -0.25) is 19.1 Å². The smallest absolute Gasteiger partial charge is 0.318 e. The standard InChI is InChI=1S/C40H50N6O9S/c1-3-27-20-40(27,38(49)44-56(51,52)31-14-15-31)43-35(47)33-19-29-23-46(33)37(48)34(24-9-6-7-10-24)42-39(50)45-21-30(22-45)54-16-8-4-5-11-26-17-25-12-13-28(53-2)18-32(25)41-36(26)55-29/h3,5,11-13,17-18,24,27,29-31,33-34H,1,4,6-10,14-16,19-23H2,2H3,(H,42,50)(H,43,47)(H,44,49)/b11-5+/t27-,29-,33+,34+,40-/m1/s1. The molecule has 5 heterocycles. The van der Waals surface area contributed by atoms with Gasteiger partial charge in [-0.25, -0.2) is 18.2 Å². The number of hydrogen-bond acceptors (Lipinski definition) is 10. The minimum absolute atomic E-state index is 0.0107. The number of carbonyl (C=O) groups excluding carboxylic acids is 4. The van der Waals surface area contributed by atoms with E-state index in [-0.39, 0.29) is 37.4 Å². The first-order valence-corrected chi connectivity index (χ1v) is 21.3. The summed E-state index contributed by atoms with van der Waals surface area (Å²) in [5.41, 5.74) is -0.178. The number of sulfonamides is 1. The molecule has 3 aliphatic carbocycles. The Morgan fingerprint density at radius 1 is 1.07 bits per heavy atom. The van der Waals surface area contributed by atoms with Crippen LogP contribution in [0, 0.1) is 11.8 Å². The molecule has 0 unspecified atom stereocenters. The number of hydrogen-bond donors (Lipinski definition) is 3. The maximum Gasteiger partial charge on any atom is 0.318 e. The van der Waals surface area contributed by atoms with Crippen LogP contribution in [0.2, 0.25) is 0 Å². The zero-order chi connectivity index (χ0) is 39.2. The number of allylic oxidation sites excluding steroid dienone is 1. The first kappa shape index (κ1) is 38.2. The van der Waals surface area contributed by atoms with Crippen LogP contribution in [0.25, 0.3) is 17.0 Å². The maximum atomic E-state index is 14.8. The second-order valence-corrected chi connectivity index (χ2v) is 18.0. The minimum Gasteiger partial charge on any atom is -0.497 e. The number of rotatable bonds is 8. The predicted octanol–water partition coefficient (Wildman–Crippen LogP) is 3.04. The van der Waals surface area contributed by atoms with E-state index in [1.807, 2.05) is 36.4 Å². The van der Waals surface area contributed by atoms with E-state index >= 15 is 0 Å². The van der Waals surface area contributed by atoms with Gasteiger partial charge in [-0.2, -0.15) is 0 Å². The van der Waals surface area contributed by atoms with Gasteiger partial charge < -0.3 is 34.6 Å². The molecule has 300 valence electrons. The summed E-state index contributed by atoms with van der Waals surface area (Å²) in [7, 11) is -2.32. The molecule has 2 saturated heterocycles. The van der Waals surface area contributed by atoms with Crippen molar-refractivity contribution in [1.29, 1.82) is 0 Å². The molecule has 3 saturated carbocycles. The molecule has 1 aromatic carbocycles. The highest BCUT2D eigenvalue weighted by Crippen LogP contribution is 2.46. The van der Waals surface area contributed by atoms with Crippen LogP contribution >= 0.6 is 0 Å². The summed E-state index contributed by atoms with van der Waals surface area (Å²) >= 11 is 0. The van der Waals surface area contributed by atoms with E-state index < -0.39 is 62.6 Å². The number of nitrogens with one attached hydrogen (secondary N) is 3. The first-order chi connectivity index (χ1) is 27.0. The number of nitrogens with zero attached hydrogens (tertiary/aromatic N) is 3. The van der Waals surface area contributed by atoms with E-state index in [0.717, 1.165) is 49.5 Å². The molecule has 4 bridgehead atoms. The molecule has 3 N–H and O–H groups in total. The average Bonchev–Trinajstić information content (AvgIpc) is 4.04. The highest BCUT2D eigenvalue weighted by Gasteiger charge is 2.62. The Kier molecular flexibility index (Phi) is 10.5. The summed E-state index contributed by atoms with van der Waals surface area (Å²) in [4.78, 5) is 64.4. The zero-order valence-corrected chi connectivity index (χ0v) is 32.4. The van der Waals surface area contributed by atoms with Crippen LogP contribution < -0.4 is 24.8 Å². The number of carbonyl (C=O) groups is 4. The number of ether oxygens (including phenoxy) is 3. The third-order valence-corrected chi connectivity index (χ3v) is 13.9. The molecule has 0 radical (unpaired) electrons. The molecule has 16 heteroatoms. The number of pyridine rings is 1. The highest BCUT2D eigenvalue weighted by molar-refractivity contribution is 7.91. The Morgan fingerprint density at radius 3 is 2.57 bits per heavy atom. The van der Waals surface area contributed by atoms with Gasteiger partial charge >= 0.3 is 6.03 Å². The number of methoxy groups -OCH3 is 1. The van der Waals surface area contributed by atoms with Crippen LogP contribution in [0.15, 0.2) is 43.0 Å². The number of amides is 5. The summed E-state index contributed by atoms with van der Waals surface area (Å²) in [6.45, 7) is 5.20. The molecular weight excluding hydrogens is 741 g/mol. The van der Waals surface area contributed by atoms with E-state index in [0.29, 0.717) is 49.7 Å². The average molecular weight is 791 g/mol. The van der Waals surface area contributed by atoms with Crippen molar-refractivity contribution in [3.8, 4) is 11.6 Å². The Hall–Kier alpha value is -4.70. The van der Waals surface area contributed by atoms with E-state index in [2.05, 4.69) is 21.9 Å². The van der Waals surface area contributed by atoms with Gasteiger partial charge in [-0.15, -0.1) is 6.58 Å². The summed E-state index contributed by atoms with van der Waals surface area (Å²) in [6.07, 6.45) is 10.7. The maximum absolute atomic E-state index is 14.8. The Labute approximate surface area is 326 Å². The molecule has 1 aromatic heterocycles. The molecule has 56 heavy (non-hydrogen) atoms. The Balaban J connectivity index is 1.13. The topological polar surface area (TPSA) is 186 Å². The molecular formula is C40H50N6O9S. The third-order valence-electron chi connectivity index (χ3n) is 12.1. The third kappa shape index (κ3) is 7.69. The lowest BCUT2D eigenvalue weighted by atomic mass is 9.96. The molecule has 2 aromatic rings. The minimum atomic E-state index is -3.90. The van der Waals surface area contributed by atoms with Crippen LogP contribution in [0.5, 0.6) is 11.6 Å². The summed E-state index contributed by atoms with van der Waals surface area (Å²) in [5.74, 6) is -1.55. The molecule has 5 amide bonds. The van der Waals surface area contributed by atoms with E-state index in [4.69, 9.17) is 19.2 Å². The van der Waals surface area contributed by atoms with E-state index in [9.17, 15) is 27.6 Å². The fraction of sp³-hybridized carbons (Fsp3) is 0.575. The van der Waals surface area contributed by atoms with Gasteiger partial charge in [0.1, 0.15) is 29.5 Å². The van der Waals surface area contributed by atoms with Gasteiger partial charge in [0.2, 0.25) is 27.7 Å². The molecule has 5 atom stereocenters. The van der Waals surface area contributed by atoms with Crippen molar-refractivity contribution in [3.63, 3.8) is 0 Å². The SMILES string of the molecule is C=C[C@@H]1C[C@]1(NC(=O)[C@@H]1C[C@@H]2CN1C(=O)[C@H](C1CCCC1)NC(=O)N1CC(C1)OCCC/C=C/c1cc3ccc(OC)cc3nc1O2)C(=O)NS(=O)(=O)C1CC1. The van der Waals surface area contributed by atoms with Gasteiger partial charge in [0, 0.05) is 36.0 Å². The quantitative estimate of drug-likeness (QED) is 0.336. The first-order valence-electron chi connectivity index (χ1n) is 19.8. The summed E-state index contributed by atoms with van der Waals surface area (Å²) in [6, 6.07) is 5.21. The van der Waals surface area contributed by atoms with Crippen molar-refractivity contribution < 1.29 is 41.8 Å². The lowest BCUT2D eigenvalue weighted by Crippen LogP contribution is -2.63. The van der Waals surface area contributed by atoms with Crippen molar-refractivity contribution in [2.75, 3.05) is 33.4 Å². The fourth-order valence-corrected chi connectivity index (χ4v) is 9.85. The lowest BCUT2D eigenvalue weighted by Gasteiger charge is -2.40. The Bertz CT molecular complexity index is 2040. The largest absolute Gasteiger partial charge is 0.497 e. The number of benzene rings is 1. The van der Waals surface area contributed by atoms with Gasteiger partial charge in [-0.1, -0.05) is 31.1 Å². The van der Waals surface area contributed by atoms with Gasteiger partial charge in [0.15, 0.2) is 0 Å². The second-order valence-electron chi connectivity index (χ2n) is 16.0. The number of urea groups is 1. The number of fused-ring (bicyclic) bond motifs is 8. The van der Waals surface area contributed by atoms with Crippen molar-refractivity contribution in [3.05, 3.63) is 48.6 Å².